The van der Waals surface area contributed by atoms with Crippen molar-refractivity contribution in [2.75, 3.05) is 39.3 Å². The van der Waals surface area contributed by atoms with Crippen molar-refractivity contribution in [3.05, 3.63) is 34.2 Å². The highest BCUT2D eigenvalue weighted by molar-refractivity contribution is 5.92. The summed E-state index contributed by atoms with van der Waals surface area (Å²) in [6.45, 7) is 7.29. The minimum atomic E-state index is -0.157. The number of fused-ring (bicyclic) bond motifs is 1. The standard InChI is InChI=1S/C17H25N3O3/c1-3-19-9-10-23-15-12-20(8-7-13(15)11-19)17(22)14-5-4-6-16(21)18(14)2/h4-6,13,15H,3,7-12H2,1-2H3. The van der Waals surface area contributed by atoms with E-state index in [9.17, 15) is 9.59 Å². The fourth-order valence-corrected chi connectivity index (χ4v) is 3.53. The Hall–Kier alpha value is -1.66. The van der Waals surface area contributed by atoms with Crippen LogP contribution in [0.3, 0.4) is 0 Å². The van der Waals surface area contributed by atoms with Crippen molar-refractivity contribution in [2.24, 2.45) is 13.0 Å². The molecule has 0 radical (unpaired) electrons. The van der Waals surface area contributed by atoms with Gasteiger partial charge in [0.15, 0.2) is 0 Å². The second-order valence-electron chi connectivity index (χ2n) is 6.41. The van der Waals surface area contributed by atoms with Crippen molar-refractivity contribution in [2.45, 2.75) is 19.4 Å². The van der Waals surface area contributed by atoms with E-state index in [4.69, 9.17) is 4.74 Å². The van der Waals surface area contributed by atoms with Gasteiger partial charge in [0.05, 0.1) is 12.7 Å². The highest BCUT2D eigenvalue weighted by Crippen LogP contribution is 2.24. The number of carbonyl (C=O) groups excluding carboxylic acids is 1. The monoisotopic (exact) mass is 319 g/mol. The van der Waals surface area contributed by atoms with Crippen LogP contribution in [-0.2, 0) is 11.8 Å². The van der Waals surface area contributed by atoms with E-state index in [0.29, 0.717) is 18.2 Å². The molecule has 0 N–H and O–H groups in total. The molecule has 1 aromatic heterocycles. The van der Waals surface area contributed by atoms with Crippen LogP contribution in [0.1, 0.15) is 23.8 Å². The molecule has 3 heterocycles. The number of piperidine rings is 1. The molecule has 2 fully saturated rings. The first-order valence-corrected chi connectivity index (χ1v) is 8.39. The molecule has 0 saturated carbocycles. The Balaban J connectivity index is 1.73. The highest BCUT2D eigenvalue weighted by atomic mass is 16.5. The Morgan fingerprint density at radius 3 is 2.91 bits per heavy atom. The van der Waals surface area contributed by atoms with Crippen molar-refractivity contribution >= 4 is 5.91 Å². The summed E-state index contributed by atoms with van der Waals surface area (Å²) in [5.74, 6) is 0.407. The number of nitrogens with zero attached hydrogens (tertiary/aromatic N) is 3. The summed E-state index contributed by atoms with van der Waals surface area (Å²) in [6.07, 6.45) is 1.05. The predicted octanol–water partition coefficient (Wildman–Crippen LogP) is 0.568. The maximum Gasteiger partial charge on any atom is 0.270 e. The van der Waals surface area contributed by atoms with Crippen molar-refractivity contribution < 1.29 is 9.53 Å². The number of aromatic nitrogens is 1. The van der Waals surface area contributed by atoms with Gasteiger partial charge in [-0.2, -0.15) is 0 Å². The average molecular weight is 319 g/mol. The molecular formula is C17H25N3O3. The molecule has 0 bridgehead atoms. The van der Waals surface area contributed by atoms with Crippen LogP contribution in [0.5, 0.6) is 0 Å². The molecule has 0 aromatic carbocycles. The molecule has 6 heteroatoms. The fraction of sp³-hybridized carbons (Fsp3) is 0.647. The number of hydrogen-bond acceptors (Lipinski definition) is 4. The van der Waals surface area contributed by atoms with E-state index < -0.39 is 0 Å². The molecule has 126 valence electrons. The summed E-state index contributed by atoms with van der Waals surface area (Å²) < 4.78 is 7.42. The number of rotatable bonds is 2. The highest BCUT2D eigenvalue weighted by Gasteiger charge is 2.35. The molecule has 3 rings (SSSR count). The quantitative estimate of drug-likeness (QED) is 0.800. The molecule has 2 aliphatic rings. The minimum Gasteiger partial charge on any atom is -0.375 e. The van der Waals surface area contributed by atoms with Crippen molar-refractivity contribution in [1.82, 2.24) is 14.4 Å². The van der Waals surface area contributed by atoms with Gasteiger partial charge in [-0.25, -0.2) is 0 Å². The minimum absolute atomic E-state index is 0.0798. The van der Waals surface area contributed by atoms with Crippen molar-refractivity contribution in [1.29, 1.82) is 0 Å². The van der Waals surface area contributed by atoms with Gasteiger partial charge >= 0.3 is 0 Å². The van der Waals surface area contributed by atoms with Gasteiger partial charge in [-0.3, -0.25) is 9.59 Å². The van der Waals surface area contributed by atoms with E-state index in [1.807, 2.05) is 4.90 Å². The Morgan fingerprint density at radius 1 is 1.30 bits per heavy atom. The Morgan fingerprint density at radius 2 is 2.13 bits per heavy atom. The Bertz CT molecular complexity index is 628. The third-order valence-electron chi connectivity index (χ3n) is 5.07. The van der Waals surface area contributed by atoms with Crippen LogP contribution >= 0.6 is 0 Å². The first-order chi connectivity index (χ1) is 11.1. The van der Waals surface area contributed by atoms with Crippen LogP contribution in [0.15, 0.2) is 23.0 Å². The first-order valence-electron chi connectivity index (χ1n) is 8.39. The van der Waals surface area contributed by atoms with Crippen LogP contribution in [0.4, 0.5) is 0 Å². The van der Waals surface area contributed by atoms with Gasteiger partial charge in [0.2, 0.25) is 0 Å². The topological polar surface area (TPSA) is 54.8 Å². The molecular weight excluding hydrogens is 294 g/mol. The number of likely N-dealkylation sites (N-methyl/N-ethyl adjacent to an activating group) is 1. The molecule has 2 aliphatic heterocycles. The summed E-state index contributed by atoms with van der Waals surface area (Å²) >= 11 is 0. The van der Waals surface area contributed by atoms with Crippen LogP contribution in [0.25, 0.3) is 0 Å². The van der Waals surface area contributed by atoms with Gasteiger partial charge in [0.25, 0.3) is 11.5 Å². The van der Waals surface area contributed by atoms with E-state index in [0.717, 1.165) is 39.2 Å². The first kappa shape index (κ1) is 16.2. The average Bonchev–Trinajstić information content (AvgIpc) is 2.77. The summed E-state index contributed by atoms with van der Waals surface area (Å²) in [6, 6.07) is 4.82. The molecule has 23 heavy (non-hydrogen) atoms. The lowest BCUT2D eigenvalue weighted by Crippen LogP contribution is -2.49. The van der Waals surface area contributed by atoms with E-state index >= 15 is 0 Å². The lowest BCUT2D eigenvalue weighted by molar-refractivity contribution is -0.0173. The van der Waals surface area contributed by atoms with Crippen LogP contribution < -0.4 is 5.56 Å². The second-order valence-corrected chi connectivity index (χ2v) is 6.41. The summed E-state index contributed by atoms with van der Waals surface area (Å²) in [5, 5.41) is 0. The zero-order valence-electron chi connectivity index (χ0n) is 13.9. The number of pyridine rings is 1. The van der Waals surface area contributed by atoms with Gasteiger partial charge in [-0.1, -0.05) is 13.0 Å². The molecule has 1 amide bonds. The van der Waals surface area contributed by atoms with Crippen LogP contribution in [0, 0.1) is 5.92 Å². The Labute approximate surface area is 136 Å². The molecule has 0 aliphatic carbocycles. The van der Waals surface area contributed by atoms with Crippen LogP contribution in [0.2, 0.25) is 0 Å². The SMILES string of the molecule is CCN1CCOC2CN(C(=O)c3cccc(=O)n3C)CCC2C1. The molecule has 6 nitrogen and oxygen atoms in total. The number of carbonyl (C=O) groups is 1. The largest absolute Gasteiger partial charge is 0.375 e. The van der Waals surface area contributed by atoms with E-state index in [-0.39, 0.29) is 17.6 Å². The normalized spacial score (nSPS) is 25.7. The van der Waals surface area contributed by atoms with Crippen molar-refractivity contribution in [3.63, 3.8) is 0 Å². The lowest BCUT2D eigenvalue weighted by atomic mass is 9.93. The summed E-state index contributed by atoms with van der Waals surface area (Å²) in [7, 11) is 1.64. The van der Waals surface area contributed by atoms with Crippen LogP contribution in [-0.4, -0.2) is 65.7 Å². The third-order valence-corrected chi connectivity index (χ3v) is 5.07. The van der Waals surface area contributed by atoms with E-state index in [2.05, 4.69) is 11.8 Å². The zero-order valence-corrected chi connectivity index (χ0v) is 13.9. The van der Waals surface area contributed by atoms with E-state index in [1.54, 1.807) is 19.2 Å². The molecule has 2 unspecified atom stereocenters. The van der Waals surface area contributed by atoms with Gasteiger partial charge in [-0.15, -0.1) is 0 Å². The summed E-state index contributed by atoms with van der Waals surface area (Å²) in [4.78, 5) is 28.7. The van der Waals surface area contributed by atoms with Gasteiger partial charge in [0.1, 0.15) is 5.69 Å². The predicted molar refractivity (Wildman–Crippen MR) is 87.5 cm³/mol. The maximum atomic E-state index is 12.8. The fourth-order valence-electron chi connectivity index (χ4n) is 3.53. The maximum absolute atomic E-state index is 12.8. The third kappa shape index (κ3) is 3.33. The molecule has 2 atom stereocenters. The second kappa shape index (κ2) is 6.84. The van der Waals surface area contributed by atoms with Gasteiger partial charge in [-0.05, 0) is 19.0 Å². The van der Waals surface area contributed by atoms with Crippen molar-refractivity contribution in [3.8, 4) is 0 Å². The van der Waals surface area contributed by atoms with E-state index in [1.165, 1.54) is 10.6 Å². The smallest absolute Gasteiger partial charge is 0.270 e. The molecule has 0 spiro atoms. The molecule has 1 aromatic rings. The number of ether oxygens (including phenoxy) is 1. The zero-order chi connectivity index (χ0) is 16.4. The number of amides is 1. The number of hydrogen-bond donors (Lipinski definition) is 0. The van der Waals surface area contributed by atoms with Gasteiger partial charge < -0.3 is 19.1 Å². The lowest BCUT2D eigenvalue weighted by Gasteiger charge is -2.38. The summed E-state index contributed by atoms with van der Waals surface area (Å²) in [5.41, 5.74) is 0.287. The Kier molecular flexibility index (Phi) is 4.82. The molecule has 2 saturated heterocycles. The van der Waals surface area contributed by atoms with Gasteiger partial charge in [0, 0.05) is 45.2 Å². The number of likely N-dealkylation sites (tertiary alicyclic amines) is 1.